The van der Waals surface area contributed by atoms with Gasteiger partial charge in [0.1, 0.15) is 6.61 Å². The lowest BCUT2D eigenvalue weighted by atomic mass is 10.1. The summed E-state index contributed by atoms with van der Waals surface area (Å²) in [5.74, 6) is 12.8. The summed E-state index contributed by atoms with van der Waals surface area (Å²) in [5, 5.41) is 1.21. The summed E-state index contributed by atoms with van der Waals surface area (Å²) in [6, 6.07) is 8.34. The van der Waals surface area contributed by atoms with Crippen molar-refractivity contribution in [3.8, 4) is 23.7 Å². The van der Waals surface area contributed by atoms with Crippen LogP contribution in [0.2, 0.25) is 0 Å². The fraction of sp³-hybridized carbons (Fsp3) is 0.250. The second-order valence-corrected chi connectivity index (χ2v) is 5.11. The minimum Gasteiger partial charge on any atom is -0.369 e. The second-order valence-electron chi connectivity index (χ2n) is 4.06. The molecule has 2 aromatic rings. The smallest absolute Gasteiger partial charge is 0.108 e. The van der Waals surface area contributed by atoms with E-state index in [-0.39, 0.29) is 0 Å². The Labute approximate surface area is 111 Å². The molecular weight excluding hydrogens is 240 g/mol. The van der Waals surface area contributed by atoms with Crippen LogP contribution in [0, 0.1) is 23.7 Å². The van der Waals surface area contributed by atoms with Crippen LogP contribution in [0.15, 0.2) is 24.3 Å². The molecule has 88 valence electrons. The van der Waals surface area contributed by atoms with Crippen LogP contribution < -0.4 is 0 Å². The Morgan fingerprint density at radius 1 is 1.11 bits per heavy atom. The molecule has 2 heterocycles. The van der Waals surface area contributed by atoms with E-state index in [1.165, 1.54) is 10.1 Å². The lowest BCUT2D eigenvalue weighted by Gasteiger charge is -1.94. The first kappa shape index (κ1) is 11.4. The van der Waals surface area contributed by atoms with E-state index < -0.39 is 0 Å². The Morgan fingerprint density at radius 3 is 3.06 bits per heavy atom. The molecule has 18 heavy (non-hydrogen) atoms. The SMILES string of the molecule is C1#Cc2sc3ccccc3c2C#CCOCCC1. The van der Waals surface area contributed by atoms with E-state index in [1.54, 1.807) is 11.3 Å². The highest BCUT2D eigenvalue weighted by Gasteiger charge is 2.07. The maximum Gasteiger partial charge on any atom is 0.108 e. The van der Waals surface area contributed by atoms with E-state index in [0.29, 0.717) is 6.61 Å². The molecule has 2 heteroatoms. The van der Waals surface area contributed by atoms with Crippen LogP contribution in [0.25, 0.3) is 10.1 Å². The van der Waals surface area contributed by atoms with Crippen LogP contribution >= 0.6 is 11.3 Å². The summed E-state index contributed by atoms with van der Waals surface area (Å²) < 4.78 is 6.69. The fourth-order valence-electron chi connectivity index (χ4n) is 1.91. The Kier molecular flexibility index (Phi) is 3.33. The van der Waals surface area contributed by atoms with Crippen LogP contribution in [-0.4, -0.2) is 13.2 Å². The molecule has 0 fully saturated rings. The monoisotopic (exact) mass is 252 g/mol. The molecule has 0 N–H and O–H groups in total. The average Bonchev–Trinajstić information content (AvgIpc) is 2.72. The lowest BCUT2D eigenvalue weighted by Crippen LogP contribution is -1.93. The van der Waals surface area contributed by atoms with Gasteiger partial charge in [-0.1, -0.05) is 41.9 Å². The maximum atomic E-state index is 5.43. The van der Waals surface area contributed by atoms with Gasteiger partial charge in [-0.25, -0.2) is 0 Å². The summed E-state index contributed by atoms with van der Waals surface area (Å²) in [4.78, 5) is 1.09. The number of ether oxygens (including phenoxy) is 1. The predicted octanol–water partition coefficient (Wildman–Crippen LogP) is 3.41. The minimum atomic E-state index is 0.504. The zero-order valence-corrected chi connectivity index (χ0v) is 10.8. The highest BCUT2D eigenvalue weighted by Crippen LogP contribution is 2.30. The first-order chi connectivity index (χ1) is 8.95. The normalized spacial score (nSPS) is 14.7. The Morgan fingerprint density at radius 2 is 2.06 bits per heavy atom. The topological polar surface area (TPSA) is 9.23 Å². The molecule has 1 aliphatic heterocycles. The third-order valence-electron chi connectivity index (χ3n) is 2.78. The van der Waals surface area contributed by atoms with Crippen LogP contribution in [-0.2, 0) is 4.74 Å². The van der Waals surface area contributed by atoms with Crippen molar-refractivity contribution in [3.05, 3.63) is 34.7 Å². The van der Waals surface area contributed by atoms with Gasteiger partial charge in [-0.2, -0.15) is 0 Å². The van der Waals surface area contributed by atoms with E-state index in [2.05, 4.69) is 41.9 Å². The van der Waals surface area contributed by atoms with Crippen LogP contribution in [0.5, 0.6) is 0 Å². The average molecular weight is 252 g/mol. The second kappa shape index (κ2) is 5.27. The maximum absolute atomic E-state index is 5.43. The first-order valence-electron chi connectivity index (χ1n) is 6.02. The largest absolute Gasteiger partial charge is 0.369 e. The number of thiophene rings is 1. The number of hydrogen-bond acceptors (Lipinski definition) is 2. The third kappa shape index (κ3) is 2.27. The summed E-state index contributed by atoms with van der Waals surface area (Å²) in [7, 11) is 0. The molecule has 0 bridgehead atoms. The lowest BCUT2D eigenvalue weighted by molar-refractivity contribution is 0.165. The number of benzene rings is 1. The molecular formula is C16H12OS. The molecule has 0 aliphatic carbocycles. The zero-order chi connectivity index (χ0) is 12.2. The number of rotatable bonds is 0. The van der Waals surface area contributed by atoms with E-state index in [0.717, 1.165) is 29.9 Å². The summed E-state index contributed by atoms with van der Waals surface area (Å²) in [6.07, 6.45) is 1.86. The van der Waals surface area contributed by atoms with Gasteiger partial charge in [-0.05, 0) is 12.5 Å². The number of fused-ring (bicyclic) bond motifs is 3. The standard InChI is InChI=1S/C16H12OS/c1-2-9-15-14(8-6-12-17-11-5-1)13-7-3-4-10-16(13)18-15/h3-4,7,10H,1,5,11-12H2. The van der Waals surface area contributed by atoms with Crippen LogP contribution in [0.1, 0.15) is 23.3 Å². The van der Waals surface area contributed by atoms with Crippen molar-refractivity contribution in [3.63, 3.8) is 0 Å². The first-order valence-corrected chi connectivity index (χ1v) is 6.84. The van der Waals surface area contributed by atoms with Crippen molar-refractivity contribution in [1.82, 2.24) is 0 Å². The van der Waals surface area contributed by atoms with Gasteiger partial charge in [-0.15, -0.1) is 11.3 Å². The van der Waals surface area contributed by atoms with Crippen molar-refractivity contribution >= 4 is 21.4 Å². The Bertz CT molecular complexity index is 688. The quantitative estimate of drug-likeness (QED) is 0.653. The van der Waals surface area contributed by atoms with Gasteiger partial charge >= 0.3 is 0 Å². The van der Waals surface area contributed by atoms with Gasteiger partial charge in [0.25, 0.3) is 0 Å². The van der Waals surface area contributed by atoms with Gasteiger partial charge in [0, 0.05) is 23.1 Å². The van der Waals surface area contributed by atoms with Gasteiger partial charge in [0.05, 0.1) is 10.4 Å². The van der Waals surface area contributed by atoms with Crippen molar-refractivity contribution < 1.29 is 4.74 Å². The highest BCUT2D eigenvalue weighted by molar-refractivity contribution is 7.19. The summed E-state index contributed by atoms with van der Waals surface area (Å²) >= 11 is 1.73. The molecule has 1 aromatic heterocycles. The van der Waals surface area contributed by atoms with Gasteiger partial charge in [0.2, 0.25) is 0 Å². The molecule has 1 nitrogen and oxygen atoms in total. The highest BCUT2D eigenvalue weighted by atomic mass is 32.1. The minimum absolute atomic E-state index is 0.504. The Hall–Kier alpha value is -1.74. The molecule has 0 radical (unpaired) electrons. The van der Waals surface area contributed by atoms with Crippen molar-refractivity contribution in [1.29, 1.82) is 0 Å². The molecule has 0 atom stereocenters. The molecule has 0 saturated carbocycles. The van der Waals surface area contributed by atoms with Gasteiger partial charge in [0.15, 0.2) is 0 Å². The van der Waals surface area contributed by atoms with Crippen molar-refractivity contribution in [2.24, 2.45) is 0 Å². The molecule has 0 saturated heterocycles. The van der Waals surface area contributed by atoms with Gasteiger partial charge in [-0.3, -0.25) is 0 Å². The molecule has 0 amide bonds. The van der Waals surface area contributed by atoms with Crippen LogP contribution in [0.3, 0.4) is 0 Å². The zero-order valence-electron chi connectivity index (χ0n) is 9.95. The van der Waals surface area contributed by atoms with Crippen molar-refractivity contribution in [2.75, 3.05) is 13.2 Å². The van der Waals surface area contributed by atoms with Crippen LogP contribution in [0.4, 0.5) is 0 Å². The van der Waals surface area contributed by atoms with Gasteiger partial charge < -0.3 is 4.74 Å². The molecule has 0 unspecified atom stereocenters. The van der Waals surface area contributed by atoms with E-state index in [9.17, 15) is 0 Å². The molecule has 1 aliphatic rings. The fourth-order valence-corrected chi connectivity index (χ4v) is 2.94. The Balaban J connectivity index is 2.17. The third-order valence-corrected chi connectivity index (χ3v) is 3.86. The van der Waals surface area contributed by atoms with E-state index in [1.807, 2.05) is 6.07 Å². The summed E-state index contributed by atoms with van der Waals surface area (Å²) in [6.45, 7) is 1.25. The van der Waals surface area contributed by atoms with Crippen molar-refractivity contribution in [2.45, 2.75) is 12.8 Å². The molecule has 1 aromatic carbocycles. The summed E-state index contributed by atoms with van der Waals surface area (Å²) in [5.41, 5.74) is 1.06. The van der Waals surface area contributed by atoms with E-state index >= 15 is 0 Å². The molecule has 3 rings (SSSR count). The predicted molar refractivity (Wildman–Crippen MR) is 75.6 cm³/mol. The molecule has 0 spiro atoms. The van der Waals surface area contributed by atoms with E-state index in [4.69, 9.17) is 4.74 Å². The number of hydrogen-bond donors (Lipinski definition) is 0.